The average molecular weight is 399 g/mol. The summed E-state index contributed by atoms with van der Waals surface area (Å²) in [6.07, 6.45) is 1.79. The Morgan fingerprint density at radius 2 is 2.00 bits per heavy atom. The standard InChI is InChI=1S/C19H17N3O3S2/c23-9-2-10-27(24,25)18-4-1-3-14-15(7-8-20-19(14)18)22-13-5-6-17-16(11-13)21-12-26-17/h1,3-8,11-12,23H,2,9-10H2,(H,20,22). The van der Waals surface area contributed by atoms with Gasteiger partial charge in [-0.05, 0) is 36.8 Å². The quantitative estimate of drug-likeness (QED) is 0.513. The lowest BCUT2D eigenvalue weighted by Gasteiger charge is -2.12. The molecule has 0 unspecified atom stereocenters. The smallest absolute Gasteiger partial charge is 0.180 e. The Labute approximate surface area is 160 Å². The third-order valence-electron chi connectivity index (χ3n) is 4.25. The maximum Gasteiger partial charge on any atom is 0.180 e. The molecule has 0 aliphatic heterocycles. The fraction of sp³-hybridized carbons (Fsp3) is 0.158. The fourth-order valence-electron chi connectivity index (χ4n) is 2.96. The predicted molar refractivity (Wildman–Crippen MR) is 108 cm³/mol. The first kappa shape index (κ1) is 17.8. The van der Waals surface area contributed by atoms with E-state index in [-0.39, 0.29) is 23.7 Å². The van der Waals surface area contributed by atoms with Crippen LogP contribution >= 0.6 is 11.3 Å². The van der Waals surface area contributed by atoms with Crippen LogP contribution in [0.3, 0.4) is 0 Å². The summed E-state index contributed by atoms with van der Waals surface area (Å²) in [6, 6.07) is 12.9. The van der Waals surface area contributed by atoms with Crippen molar-refractivity contribution in [1.29, 1.82) is 0 Å². The van der Waals surface area contributed by atoms with Gasteiger partial charge in [0.1, 0.15) is 0 Å². The molecule has 2 heterocycles. The van der Waals surface area contributed by atoms with Crippen LogP contribution in [0, 0.1) is 0 Å². The first-order chi connectivity index (χ1) is 13.1. The Morgan fingerprint density at radius 1 is 1.11 bits per heavy atom. The lowest BCUT2D eigenvalue weighted by molar-refractivity contribution is 0.295. The minimum Gasteiger partial charge on any atom is -0.396 e. The van der Waals surface area contributed by atoms with Crippen molar-refractivity contribution >= 4 is 53.7 Å². The molecule has 4 rings (SSSR count). The van der Waals surface area contributed by atoms with Crippen LogP contribution in [0.5, 0.6) is 0 Å². The number of hydrogen-bond donors (Lipinski definition) is 2. The van der Waals surface area contributed by atoms with Gasteiger partial charge in [-0.25, -0.2) is 13.4 Å². The first-order valence-corrected chi connectivity index (χ1v) is 10.9. The van der Waals surface area contributed by atoms with Gasteiger partial charge in [-0.2, -0.15) is 0 Å². The summed E-state index contributed by atoms with van der Waals surface area (Å²) in [4.78, 5) is 8.82. The number of para-hydroxylation sites is 1. The van der Waals surface area contributed by atoms with Gasteiger partial charge in [-0.3, -0.25) is 4.98 Å². The van der Waals surface area contributed by atoms with Crippen LogP contribution in [-0.4, -0.2) is 35.9 Å². The SMILES string of the molecule is O=S(=O)(CCCO)c1cccc2c(Nc3ccc4scnc4c3)ccnc12. The van der Waals surface area contributed by atoms with Gasteiger partial charge in [0.15, 0.2) is 9.84 Å². The minimum atomic E-state index is -3.52. The second kappa shape index (κ2) is 7.22. The number of anilines is 2. The molecule has 0 saturated carbocycles. The Hall–Kier alpha value is -2.55. The molecule has 0 spiro atoms. The molecular formula is C19H17N3O3S2. The number of rotatable bonds is 6. The van der Waals surface area contributed by atoms with E-state index >= 15 is 0 Å². The van der Waals surface area contributed by atoms with Crippen LogP contribution in [0.15, 0.2) is 59.1 Å². The number of sulfone groups is 1. The van der Waals surface area contributed by atoms with Gasteiger partial charge in [0, 0.05) is 29.6 Å². The second-order valence-corrected chi connectivity index (χ2v) is 9.03. The molecule has 0 aliphatic carbocycles. The third-order valence-corrected chi connectivity index (χ3v) is 6.89. The Bertz CT molecular complexity index is 1220. The highest BCUT2D eigenvalue weighted by atomic mass is 32.2. The monoisotopic (exact) mass is 399 g/mol. The normalized spacial score (nSPS) is 11.9. The summed E-state index contributed by atoms with van der Waals surface area (Å²) in [5.41, 5.74) is 4.79. The number of aliphatic hydroxyl groups is 1. The lowest BCUT2D eigenvalue weighted by Crippen LogP contribution is -2.09. The molecule has 0 bridgehead atoms. The molecule has 6 nitrogen and oxygen atoms in total. The summed E-state index contributed by atoms with van der Waals surface area (Å²) < 4.78 is 26.3. The topological polar surface area (TPSA) is 92.2 Å². The van der Waals surface area contributed by atoms with Crippen LogP contribution in [0.25, 0.3) is 21.1 Å². The van der Waals surface area contributed by atoms with Gasteiger partial charge in [0.05, 0.1) is 31.9 Å². The molecule has 27 heavy (non-hydrogen) atoms. The third kappa shape index (κ3) is 3.51. The number of nitrogens with one attached hydrogen (secondary N) is 1. The maximum atomic E-state index is 12.6. The molecule has 2 aromatic heterocycles. The van der Waals surface area contributed by atoms with Crippen molar-refractivity contribution in [3.63, 3.8) is 0 Å². The van der Waals surface area contributed by atoms with Gasteiger partial charge in [0.2, 0.25) is 0 Å². The van der Waals surface area contributed by atoms with Crippen molar-refractivity contribution in [3.8, 4) is 0 Å². The van der Waals surface area contributed by atoms with E-state index in [0.29, 0.717) is 5.52 Å². The number of aliphatic hydroxyl groups excluding tert-OH is 1. The van der Waals surface area contributed by atoms with Crippen LogP contribution in [0.1, 0.15) is 6.42 Å². The summed E-state index contributed by atoms with van der Waals surface area (Å²) >= 11 is 1.58. The molecule has 0 fully saturated rings. The summed E-state index contributed by atoms with van der Waals surface area (Å²) in [5, 5.41) is 13.0. The van der Waals surface area contributed by atoms with E-state index in [0.717, 1.165) is 27.0 Å². The molecular weight excluding hydrogens is 382 g/mol. The lowest BCUT2D eigenvalue weighted by atomic mass is 10.2. The van der Waals surface area contributed by atoms with Gasteiger partial charge in [-0.1, -0.05) is 12.1 Å². The van der Waals surface area contributed by atoms with Gasteiger partial charge in [0.25, 0.3) is 0 Å². The molecule has 0 atom stereocenters. The Morgan fingerprint density at radius 3 is 2.85 bits per heavy atom. The molecule has 2 N–H and O–H groups in total. The largest absolute Gasteiger partial charge is 0.396 e. The Balaban J connectivity index is 1.77. The number of pyridine rings is 1. The Kier molecular flexibility index (Phi) is 4.77. The fourth-order valence-corrected chi connectivity index (χ4v) is 5.10. The van der Waals surface area contributed by atoms with Crippen LogP contribution in [0.2, 0.25) is 0 Å². The van der Waals surface area contributed by atoms with Crippen molar-refractivity contribution in [2.24, 2.45) is 0 Å². The number of fused-ring (bicyclic) bond motifs is 2. The van der Waals surface area contributed by atoms with Crippen molar-refractivity contribution in [1.82, 2.24) is 9.97 Å². The van der Waals surface area contributed by atoms with Gasteiger partial charge < -0.3 is 10.4 Å². The first-order valence-electron chi connectivity index (χ1n) is 8.40. The average Bonchev–Trinajstić information content (AvgIpc) is 3.14. The molecule has 4 aromatic rings. The van der Waals surface area contributed by atoms with Crippen LogP contribution in [-0.2, 0) is 9.84 Å². The van der Waals surface area contributed by atoms with Crippen molar-refractivity contribution < 1.29 is 13.5 Å². The zero-order valence-electron chi connectivity index (χ0n) is 14.3. The minimum absolute atomic E-state index is 0.109. The molecule has 0 amide bonds. The maximum absolute atomic E-state index is 12.6. The molecule has 138 valence electrons. The van der Waals surface area contributed by atoms with Crippen molar-refractivity contribution in [2.45, 2.75) is 11.3 Å². The van der Waals surface area contributed by atoms with E-state index in [2.05, 4.69) is 15.3 Å². The highest BCUT2D eigenvalue weighted by Gasteiger charge is 2.19. The van der Waals surface area contributed by atoms with Gasteiger partial charge in [-0.15, -0.1) is 11.3 Å². The van der Waals surface area contributed by atoms with Crippen LogP contribution in [0.4, 0.5) is 11.4 Å². The summed E-state index contributed by atoms with van der Waals surface area (Å²) in [7, 11) is -3.52. The number of hydrogen-bond acceptors (Lipinski definition) is 7. The summed E-state index contributed by atoms with van der Waals surface area (Å²) in [5.74, 6) is -0.109. The molecule has 2 aromatic carbocycles. The number of nitrogens with zero attached hydrogens (tertiary/aromatic N) is 2. The van der Waals surface area contributed by atoms with Crippen molar-refractivity contribution in [3.05, 3.63) is 54.2 Å². The highest BCUT2D eigenvalue weighted by Crippen LogP contribution is 2.31. The predicted octanol–water partition coefficient (Wildman–Crippen LogP) is 3.74. The van der Waals surface area contributed by atoms with Crippen molar-refractivity contribution in [2.75, 3.05) is 17.7 Å². The molecule has 8 heteroatoms. The van der Waals surface area contributed by atoms with E-state index in [1.54, 1.807) is 35.2 Å². The molecule has 0 aliphatic rings. The highest BCUT2D eigenvalue weighted by molar-refractivity contribution is 7.91. The van der Waals surface area contributed by atoms with E-state index < -0.39 is 9.84 Å². The number of benzene rings is 2. The zero-order chi connectivity index (χ0) is 18.9. The molecule has 0 radical (unpaired) electrons. The van der Waals surface area contributed by atoms with E-state index in [4.69, 9.17) is 5.11 Å². The second-order valence-electron chi connectivity index (χ2n) is 6.07. The summed E-state index contributed by atoms with van der Waals surface area (Å²) in [6.45, 7) is -0.163. The van der Waals surface area contributed by atoms with E-state index in [9.17, 15) is 8.42 Å². The molecule has 0 saturated heterocycles. The van der Waals surface area contributed by atoms with Crippen LogP contribution < -0.4 is 5.32 Å². The zero-order valence-corrected chi connectivity index (χ0v) is 15.9. The number of thiazole rings is 1. The van der Waals surface area contributed by atoms with E-state index in [1.807, 2.05) is 30.3 Å². The van der Waals surface area contributed by atoms with Gasteiger partial charge >= 0.3 is 0 Å². The number of aromatic nitrogens is 2. The van der Waals surface area contributed by atoms with E-state index in [1.165, 1.54) is 0 Å².